The predicted octanol–water partition coefficient (Wildman–Crippen LogP) is 4.28. The quantitative estimate of drug-likeness (QED) is 0.769. The van der Waals surface area contributed by atoms with Gasteiger partial charge in [0.25, 0.3) is 0 Å². The SMILES string of the molecule is CC(C)c1nc(CCc2ccccc2)ncc1CBr. The molecule has 2 aromatic rings. The monoisotopic (exact) mass is 318 g/mol. The lowest BCUT2D eigenvalue weighted by molar-refractivity contribution is 0.759. The minimum Gasteiger partial charge on any atom is -0.241 e. The molecule has 1 aromatic carbocycles. The molecule has 0 saturated heterocycles. The molecule has 0 fully saturated rings. The van der Waals surface area contributed by atoms with E-state index in [1.54, 1.807) is 0 Å². The van der Waals surface area contributed by atoms with E-state index < -0.39 is 0 Å². The van der Waals surface area contributed by atoms with E-state index in [0.29, 0.717) is 5.92 Å². The second-order valence-corrected chi connectivity index (χ2v) is 5.53. The zero-order chi connectivity index (χ0) is 13.7. The van der Waals surface area contributed by atoms with Crippen LogP contribution in [-0.4, -0.2) is 9.97 Å². The number of nitrogens with zero attached hydrogens (tertiary/aromatic N) is 2. The van der Waals surface area contributed by atoms with Crippen LogP contribution in [0.15, 0.2) is 36.5 Å². The van der Waals surface area contributed by atoms with Gasteiger partial charge in [0.1, 0.15) is 5.82 Å². The smallest absolute Gasteiger partial charge is 0.128 e. The van der Waals surface area contributed by atoms with E-state index in [4.69, 9.17) is 4.98 Å². The van der Waals surface area contributed by atoms with E-state index >= 15 is 0 Å². The van der Waals surface area contributed by atoms with Gasteiger partial charge >= 0.3 is 0 Å². The van der Waals surface area contributed by atoms with Crippen molar-refractivity contribution in [1.82, 2.24) is 9.97 Å². The number of hydrogen-bond acceptors (Lipinski definition) is 2. The fourth-order valence-corrected chi connectivity index (χ4v) is 2.51. The van der Waals surface area contributed by atoms with Gasteiger partial charge in [0, 0.05) is 23.5 Å². The summed E-state index contributed by atoms with van der Waals surface area (Å²) in [6.07, 6.45) is 3.84. The molecule has 0 atom stereocenters. The zero-order valence-corrected chi connectivity index (χ0v) is 13.0. The molecular weight excluding hydrogens is 300 g/mol. The van der Waals surface area contributed by atoms with E-state index in [-0.39, 0.29) is 0 Å². The summed E-state index contributed by atoms with van der Waals surface area (Å²) in [5.41, 5.74) is 3.69. The summed E-state index contributed by atoms with van der Waals surface area (Å²) < 4.78 is 0. The van der Waals surface area contributed by atoms with Gasteiger partial charge in [-0.15, -0.1) is 0 Å². The summed E-state index contributed by atoms with van der Waals surface area (Å²) >= 11 is 3.50. The molecular formula is C16H19BrN2. The van der Waals surface area contributed by atoms with E-state index in [2.05, 4.69) is 59.0 Å². The number of halogens is 1. The summed E-state index contributed by atoms with van der Waals surface area (Å²) in [5.74, 6) is 1.38. The first-order valence-corrected chi connectivity index (χ1v) is 7.77. The first-order chi connectivity index (χ1) is 9.20. The van der Waals surface area contributed by atoms with Crippen LogP contribution in [0.4, 0.5) is 0 Å². The largest absolute Gasteiger partial charge is 0.241 e. The van der Waals surface area contributed by atoms with Crippen molar-refractivity contribution in [2.24, 2.45) is 0 Å². The van der Waals surface area contributed by atoms with Gasteiger partial charge in [-0.1, -0.05) is 60.1 Å². The molecule has 2 nitrogen and oxygen atoms in total. The number of aryl methyl sites for hydroxylation is 2. The fourth-order valence-electron chi connectivity index (χ4n) is 2.08. The molecule has 0 spiro atoms. The van der Waals surface area contributed by atoms with Gasteiger partial charge in [0.2, 0.25) is 0 Å². The molecule has 0 aliphatic rings. The van der Waals surface area contributed by atoms with Gasteiger partial charge in [0.05, 0.1) is 5.69 Å². The van der Waals surface area contributed by atoms with Crippen molar-refractivity contribution in [2.75, 3.05) is 0 Å². The van der Waals surface area contributed by atoms with Crippen LogP contribution in [0.5, 0.6) is 0 Å². The van der Waals surface area contributed by atoms with Crippen LogP contribution in [0.2, 0.25) is 0 Å². The highest BCUT2D eigenvalue weighted by atomic mass is 79.9. The van der Waals surface area contributed by atoms with Gasteiger partial charge in [-0.25, -0.2) is 9.97 Å². The summed E-state index contributed by atoms with van der Waals surface area (Å²) in [6, 6.07) is 10.5. The number of rotatable bonds is 5. The number of alkyl halides is 1. The average molecular weight is 319 g/mol. The Labute approximate surface area is 123 Å². The maximum absolute atomic E-state index is 4.72. The predicted molar refractivity (Wildman–Crippen MR) is 82.6 cm³/mol. The van der Waals surface area contributed by atoms with Crippen molar-refractivity contribution >= 4 is 15.9 Å². The van der Waals surface area contributed by atoms with E-state index in [0.717, 1.165) is 29.7 Å². The standard InChI is InChI=1S/C16H19BrN2/c1-12(2)16-14(10-17)11-18-15(19-16)9-8-13-6-4-3-5-7-13/h3-7,11-12H,8-10H2,1-2H3. The third kappa shape index (κ3) is 3.87. The van der Waals surface area contributed by atoms with Crippen LogP contribution in [0, 0.1) is 0 Å². The lowest BCUT2D eigenvalue weighted by atomic mass is 10.1. The number of benzene rings is 1. The van der Waals surface area contributed by atoms with Gasteiger partial charge in [-0.2, -0.15) is 0 Å². The number of aromatic nitrogens is 2. The summed E-state index contributed by atoms with van der Waals surface area (Å²) in [6.45, 7) is 4.35. The van der Waals surface area contributed by atoms with Gasteiger partial charge in [0.15, 0.2) is 0 Å². The molecule has 0 unspecified atom stereocenters. The summed E-state index contributed by atoms with van der Waals surface area (Å²) in [7, 11) is 0. The van der Waals surface area contributed by atoms with Crippen molar-refractivity contribution < 1.29 is 0 Å². The molecule has 100 valence electrons. The van der Waals surface area contributed by atoms with Crippen LogP contribution in [0.25, 0.3) is 0 Å². The van der Waals surface area contributed by atoms with Crippen molar-refractivity contribution in [3.8, 4) is 0 Å². The Morgan fingerprint density at radius 2 is 1.84 bits per heavy atom. The molecule has 0 bridgehead atoms. The van der Waals surface area contributed by atoms with Crippen LogP contribution in [0.3, 0.4) is 0 Å². The van der Waals surface area contributed by atoms with Crippen LogP contribution in [0.1, 0.15) is 42.4 Å². The minimum absolute atomic E-state index is 0.436. The average Bonchev–Trinajstić information content (AvgIpc) is 2.46. The second kappa shape index (κ2) is 6.80. The summed E-state index contributed by atoms with van der Waals surface area (Å²) in [5, 5.41) is 0.819. The molecule has 0 N–H and O–H groups in total. The van der Waals surface area contributed by atoms with Crippen molar-refractivity contribution in [1.29, 1.82) is 0 Å². The minimum atomic E-state index is 0.436. The fraction of sp³-hybridized carbons (Fsp3) is 0.375. The van der Waals surface area contributed by atoms with Crippen molar-refractivity contribution in [3.05, 3.63) is 59.2 Å². The zero-order valence-electron chi connectivity index (χ0n) is 11.4. The Morgan fingerprint density at radius 3 is 2.47 bits per heavy atom. The van der Waals surface area contributed by atoms with E-state index in [1.165, 1.54) is 11.1 Å². The third-order valence-corrected chi connectivity index (χ3v) is 3.72. The van der Waals surface area contributed by atoms with E-state index in [1.807, 2.05) is 12.3 Å². The first-order valence-electron chi connectivity index (χ1n) is 6.65. The summed E-state index contributed by atoms with van der Waals surface area (Å²) in [4.78, 5) is 9.18. The Bertz CT molecular complexity index is 524. The van der Waals surface area contributed by atoms with Crippen LogP contribution in [-0.2, 0) is 18.2 Å². The Morgan fingerprint density at radius 1 is 1.11 bits per heavy atom. The van der Waals surface area contributed by atoms with Gasteiger partial charge in [-0.3, -0.25) is 0 Å². The maximum atomic E-state index is 4.72. The first kappa shape index (κ1) is 14.2. The highest BCUT2D eigenvalue weighted by molar-refractivity contribution is 9.08. The maximum Gasteiger partial charge on any atom is 0.128 e. The molecule has 1 aromatic heterocycles. The third-order valence-electron chi connectivity index (χ3n) is 3.12. The Balaban J connectivity index is 2.11. The Hall–Kier alpha value is -1.22. The molecule has 19 heavy (non-hydrogen) atoms. The van der Waals surface area contributed by atoms with Crippen LogP contribution >= 0.6 is 15.9 Å². The molecule has 3 heteroatoms. The Kier molecular flexibility index (Phi) is 5.08. The molecule has 0 radical (unpaired) electrons. The van der Waals surface area contributed by atoms with Crippen LogP contribution < -0.4 is 0 Å². The van der Waals surface area contributed by atoms with Crippen molar-refractivity contribution in [3.63, 3.8) is 0 Å². The lowest BCUT2D eigenvalue weighted by Gasteiger charge is -2.11. The molecule has 2 rings (SSSR count). The highest BCUT2D eigenvalue weighted by Crippen LogP contribution is 2.19. The highest BCUT2D eigenvalue weighted by Gasteiger charge is 2.10. The number of hydrogen-bond donors (Lipinski definition) is 0. The normalized spacial score (nSPS) is 10.9. The lowest BCUT2D eigenvalue weighted by Crippen LogP contribution is -2.06. The molecule has 0 aliphatic heterocycles. The molecule has 0 amide bonds. The van der Waals surface area contributed by atoms with Crippen molar-refractivity contribution in [2.45, 2.75) is 37.9 Å². The molecule has 0 saturated carbocycles. The molecule has 0 aliphatic carbocycles. The van der Waals surface area contributed by atoms with E-state index in [9.17, 15) is 0 Å². The molecule has 1 heterocycles. The van der Waals surface area contributed by atoms with Gasteiger partial charge < -0.3 is 0 Å². The topological polar surface area (TPSA) is 25.8 Å². The van der Waals surface area contributed by atoms with Gasteiger partial charge in [-0.05, 0) is 17.9 Å². The second-order valence-electron chi connectivity index (χ2n) is 4.97.